The highest BCUT2D eigenvalue weighted by atomic mass is 32.1. The number of aryl methyl sites for hydroxylation is 1. The maximum absolute atomic E-state index is 10.1. The summed E-state index contributed by atoms with van der Waals surface area (Å²) in [7, 11) is 2.13. The van der Waals surface area contributed by atoms with E-state index in [0.717, 1.165) is 74.7 Å². The van der Waals surface area contributed by atoms with Gasteiger partial charge in [-0.15, -0.1) is 11.3 Å². The molecular weight excluding hydrogens is 576 g/mol. The highest BCUT2D eigenvalue weighted by Gasteiger charge is 2.48. The van der Waals surface area contributed by atoms with E-state index in [1.165, 1.54) is 16.2 Å². The van der Waals surface area contributed by atoms with Crippen molar-refractivity contribution in [3.63, 3.8) is 0 Å². The third-order valence-corrected chi connectivity index (χ3v) is 10.6. The summed E-state index contributed by atoms with van der Waals surface area (Å²) in [6.45, 7) is 5.25. The molecule has 3 N–H and O–H groups in total. The zero-order chi connectivity index (χ0) is 30.6. The number of nitrogen functional groups attached to an aromatic ring is 1. The van der Waals surface area contributed by atoms with E-state index in [1.54, 1.807) is 11.6 Å². The van der Waals surface area contributed by atoms with Crippen LogP contribution in [0.15, 0.2) is 22.9 Å². The fraction of sp³-hybridized carbons (Fsp3) is 0.531. The molecular formula is C32H38N8O3S. The van der Waals surface area contributed by atoms with Gasteiger partial charge in [0.1, 0.15) is 22.9 Å². The number of thiophene rings is 1. The summed E-state index contributed by atoms with van der Waals surface area (Å²) in [4.78, 5) is 13.4. The number of nitrogens with two attached hydrogens (primary N) is 1. The number of aliphatic hydroxyl groups is 1. The minimum Gasteiger partial charge on any atom is -0.473 e. The lowest BCUT2D eigenvalue weighted by Crippen LogP contribution is -2.38. The van der Waals surface area contributed by atoms with Crippen molar-refractivity contribution < 1.29 is 14.4 Å². The van der Waals surface area contributed by atoms with Crippen LogP contribution in [0.2, 0.25) is 0 Å². The summed E-state index contributed by atoms with van der Waals surface area (Å²) < 4.78 is 14.3. The highest BCUT2D eigenvalue weighted by molar-refractivity contribution is 7.16. The molecule has 11 nitrogen and oxygen atoms in total. The van der Waals surface area contributed by atoms with Gasteiger partial charge in [0.15, 0.2) is 0 Å². The number of hydrogen-bond donors (Lipinski definition) is 2. The normalized spacial score (nSPS) is 22.8. The summed E-state index contributed by atoms with van der Waals surface area (Å²) in [6.07, 6.45) is 8.88. The van der Waals surface area contributed by atoms with Crippen molar-refractivity contribution in [2.45, 2.75) is 95.4 Å². The van der Waals surface area contributed by atoms with Gasteiger partial charge >= 0.3 is 0 Å². The second kappa shape index (κ2) is 11.3. The number of fused-ring (bicyclic) bond motifs is 4. The minimum atomic E-state index is -0.527. The molecule has 2 aliphatic carbocycles. The van der Waals surface area contributed by atoms with Crippen LogP contribution in [0, 0.1) is 11.3 Å². The number of aromatic nitrogens is 5. The molecule has 4 atom stereocenters. The number of likely N-dealkylation sites (N-methyl/N-ethyl adjacent to an activating group) is 1. The molecule has 7 rings (SSSR count). The van der Waals surface area contributed by atoms with Crippen LogP contribution in [0.5, 0.6) is 5.88 Å². The van der Waals surface area contributed by atoms with E-state index in [0.29, 0.717) is 52.0 Å². The third-order valence-electron chi connectivity index (χ3n) is 9.56. The minimum absolute atomic E-state index is 0.0769. The predicted molar refractivity (Wildman–Crippen MR) is 166 cm³/mol. The smallest absolute Gasteiger partial charge is 0.217 e. The van der Waals surface area contributed by atoms with Crippen LogP contribution in [-0.2, 0) is 24.8 Å². The van der Waals surface area contributed by atoms with Gasteiger partial charge in [0, 0.05) is 34.2 Å². The molecule has 1 aliphatic heterocycles. The SMILES string of the molecule is C[C@H](O)Cn1ccc(-c2cc(O[C@@H](C)[C@@H]3CCCN3C)nc(-c3onc4c3CCC[C@@]43CCCc4sc(N)c(C#N)c43)n2)n1. The van der Waals surface area contributed by atoms with E-state index in [-0.39, 0.29) is 6.10 Å². The third kappa shape index (κ3) is 4.87. The number of anilines is 1. The van der Waals surface area contributed by atoms with Crippen molar-refractivity contribution in [3.05, 3.63) is 45.6 Å². The van der Waals surface area contributed by atoms with Crippen LogP contribution in [0.4, 0.5) is 5.00 Å². The van der Waals surface area contributed by atoms with Crippen molar-refractivity contribution in [1.82, 2.24) is 29.8 Å². The Hall–Kier alpha value is -3.79. The average Bonchev–Trinajstić information content (AvgIpc) is 3.79. The van der Waals surface area contributed by atoms with Crippen LogP contribution < -0.4 is 10.5 Å². The van der Waals surface area contributed by atoms with Crippen LogP contribution in [-0.4, -0.2) is 66.8 Å². The monoisotopic (exact) mass is 614 g/mol. The van der Waals surface area contributed by atoms with Crippen molar-refractivity contribution in [2.75, 3.05) is 19.3 Å². The first-order valence-corrected chi connectivity index (χ1v) is 16.4. The van der Waals surface area contributed by atoms with Gasteiger partial charge in [-0.1, -0.05) is 5.16 Å². The van der Waals surface area contributed by atoms with Gasteiger partial charge < -0.3 is 20.1 Å². The molecule has 4 aromatic rings. The first-order chi connectivity index (χ1) is 21.3. The predicted octanol–water partition coefficient (Wildman–Crippen LogP) is 4.71. The number of nitriles is 1. The quantitative estimate of drug-likeness (QED) is 0.299. The molecule has 0 bridgehead atoms. The van der Waals surface area contributed by atoms with E-state index in [2.05, 4.69) is 30.0 Å². The van der Waals surface area contributed by atoms with Gasteiger partial charge in [-0.2, -0.15) is 15.3 Å². The van der Waals surface area contributed by atoms with E-state index in [4.69, 9.17) is 30.1 Å². The first-order valence-electron chi connectivity index (χ1n) is 15.6. The average molecular weight is 615 g/mol. The van der Waals surface area contributed by atoms with Crippen LogP contribution in [0.1, 0.15) is 79.6 Å². The van der Waals surface area contributed by atoms with Gasteiger partial charge in [-0.05, 0) is 90.4 Å². The molecule has 1 saturated heterocycles. The number of aliphatic hydroxyl groups excluding tert-OH is 1. The number of nitrogens with zero attached hydrogens (tertiary/aromatic N) is 7. The number of rotatable bonds is 7. The van der Waals surface area contributed by atoms with E-state index in [9.17, 15) is 10.4 Å². The molecule has 230 valence electrons. The van der Waals surface area contributed by atoms with Gasteiger partial charge in [0.05, 0.1) is 29.6 Å². The number of hydrogen-bond acceptors (Lipinski definition) is 11. The van der Waals surface area contributed by atoms with E-state index in [1.807, 2.05) is 18.3 Å². The zero-order valence-corrected chi connectivity index (χ0v) is 26.2. The molecule has 4 aromatic heterocycles. The molecule has 0 aromatic carbocycles. The van der Waals surface area contributed by atoms with Gasteiger partial charge in [-0.25, -0.2) is 4.98 Å². The topological polar surface area (TPSA) is 152 Å². The standard InChI is InChI=1S/C32H38N8O3S/c1-18(41)17-40-14-10-22(37-40)23-15-26(42-19(2)24-8-6-13-39(24)3)36-31(35-23)28-20-7-4-11-32(29(20)38-43-28)12-5-9-25-27(32)21(16-33)30(34)44-25/h10,14-15,18-19,24,41H,4-9,11-13,17,34H2,1-3H3/t18-,19-,24-,32-/m0/s1. The fourth-order valence-electron chi connectivity index (χ4n) is 7.62. The first kappa shape index (κ1) is 29.0. The maximum atomic E-state index is 10.1. The lowest BCUT2D eigenvalue weighted by atomic mass is 9.62. The van der Waals surface area contributed by atoms with Crippen LogP contribution in [0.25, 0.3) is 23.0 Å². The molecule has 0 saturated carbocycles. The Bertz CT molecular complexity index is 1730. The van der Waals surface area contributed by atoms with Gasteiger partial charge in [0.2, 0.25) is 17.5 Å². The van der Waals surface area contributed by atoms with Crippen molar-refractivity contribution >= 4 is 16.3 Å². The molecule has 0 amide bonds. The molecule has 44 heavy (non-hydrogen) atoms. The largest absolute Gasteiger partial charge is 0.473 e. The fourth-order valence-corrected chi connectivity index (χ4v) is 8.78. The molecule has 0 radical (unpaired) electrons. The van der Waals surface area contributed by atoms with Crippen molar-refractivity contribution in [1.29, 1.82) is 5.26 Å². The zero-order valence-electron chi connectivity index (χ0n) is 25.4. The Morgan fingerprint density at radius 1 is 1.23 bits per heavy atom. The molecule has 5 heterocycles. The Morgan fingerprint density at radius 3 is 2.80 bits per heavy atom. The molecule has 1 fully saturated rings. The maximum Gasteiger partial charge on any atom is 0.217 e. The Labute approximate surface area is 260 Å². The van der Waals surface area contributed by atoms with Crippen molar-refractivity contribution in [3.8, 4) is 34.9 Å². The van der Waals surface area contributed by atoms with Crippen LogP contribution >= 0.6 is 11.3 Å². The summed E-state index contributed by atoms with van der Waals surface area (Å²) in [5, 5.41) is 29.9. The lowest BCUT2D eigenvalue weighted by molar-refractivity contribution is 0.117. The second-order valence-electron chi connectivity index (χ2n) is 12.6. The highest BCUT2D eigenvalue weighted by Crippen LogP contribution is 2.54. The summed E-state index contributed by atoms with van der Waals surface area (Å²) >= 11 is 1.54. The van der Waals surface area contributed by atoms with E-state index >= 15 is 0 Å². The van der Waals surface area contributed by atoms with Gasteiger partial charge in [-0.3, -0.25) is 9.58 Å². The second-order valence-corrected chi connectivity index (χ2v) is 13.7. The summed E-state index contributed by atoms with van der Waals surface area (Å²) in [6, 6.07) is 6.40. The molecule has 3 aliphatic rings. The Balaban J connectivity index is 1.32. The van der Waals surface area contributed by atoms with Crippen LogP contribution in [0.3, 0.4) is 0 Å². The number of likely N-dealkylation sites (tertiary alicyclic amines) is 1. The summed E-state index contributed by atoms with van der Waals surface area (Å²) in [5.41, 5.74) is 10.7. The van der Waals surface area contributed by atoms with Gasteiger partial charge in [0.25, 0.3) is 0 Å². The molecule has 1 spiro atoms. The lowest BCUT2D eigenvalue weighted by Gasteiger charge is -2.39. The number of ether oxygens (including phenoxy) is 1. The summed E-state index contributed by atoms with van der Waals surface area (Å²) in [5.74, 6) is 1.39. The van der Waals surface area contributed by atoms with Crippen molar-refractivity contribution in [2.24, 2.45) is 0 Å². The van der Waals surface area contributed by atoms with E-state index < -0.39 is 11.5 Å². The molecule has 0 unspecified atom stereocenters. The Kier molecular flexibility index (Phi) is 7.43. The molecule has 12 heteroatoms. The Morgan fingerprint density at radius 2 is 2.05 bits per heavy atom.